The first-order valence-electron chi connectivity index (χ1n) is 3.59. The van der Waals surface area contributed by atoms with Crippen molar-refractivity contribution in [3.8, 4) is 5.75 Å². The molecule has 13 heavy (non-hydrogen) atoms. The highest BCUT2D eigenvalue weighted by Crippen LogP contribution is 2.17. The number of carbonyl (C=O) groups is 2. The minimum Gasteiger partial charge on any atom is -0.475 e. The van der Waals surface area contributed by atoms with E-state index in [-0.39, 0.29) is 0 Å². The van der Waals surface area contributed by atoms with E-state index in [1.54, 1.807) is 18.2 Å². The van der Waals surface area contributed by atoms with E-state index in [1.807, 2.05) is 0 Å². The fraction of sp³-hybridized carbons (Fsp3) is 0.111. The lowest BCUT2D eigenvalue weighted by Gasteiger charge is -2.06. The van der Waals surface area contributed by atoms with Gasteiger partial charge in [-0.3, -0.25) is 9.59 Å². The standard InChI is InChI=1S/C9H7ClO3/c10-7-2-1-3-8(4-7)13-9(5-11)6-12/h1-6,9H. The third-order valence-corrected chi connectivity index (χ3v) is 1.57. The highest BCUT2D eigenvalue weighted by Gasteiger charge is 2.06. The van der Waals surface area contributed by atoms with Crippen molar-refractivity contribution in [3.63, 3.8) is 0 Å². The van der Waals surface area contributed by atoms with Crippen LogP contribution in [0.3, 0.4) is 0 Å². The van der Waals surface area contributed by atoms with Gasteiger partial charge in [0.15, 0.2) is 12.6 Å². The van der Waals surface area contributed by atoms with E-state index in [0.29, 0.717) is 23.3 Å². The second-order valence-electron chi connectivity index (χ2n) is 2.31. The summed E-state index contributed by atoms with van der Waals surface area (Å²) >= 11 is 5.66. The van der Waals surface area contributed by atoms with E-state index in [4.69, 9.17) is 16.3 Å². The van der Waals surface area contributed by atoms with Gasteiger partial charge < -0.3 is 4.74 Å². The topological polar surface area (TPSA) is 43.4 Å². The number of hydrogen-bond donors (Lipinski definition) is 0. The van der Waals surface area contributed by atoms with E-state index < -0.39 is 6.10 Å². The average Bonchev–Trinajstić information content (AvgIpc) is 2.14. The maximum absolute atomic E-state index is 10.2. The molecular formula is C9H7ClO3. The van der Waals surface area contributed by atoms with Gasteiger partial charge in [-0.1, -0.05) is 17.7 Å². The number of ether oxygens (including phenoxy) is 1. The van der Waals surface area contributed by atoms with E-state index >= 15 is 0 Å². The van der Waals surface area contributed by atoms with E-state index in [1.165, 1.54) is 6.07 Å². The smallest absolute Gasteiger partial charge is 0.208 e. The number of carbonyl (C=O) groups excluding carboxylic acids is 2. The molecule has 0 unspecified atom stereocenters. The third-order valence-electron chi connectivity index (χ3n) is 1.34. The largest absolute Gasteiger partial charge is 0.475 e. The fourth-order valence-corrected chi connectivity index (χ4v) is 0.965. The highest BCUT2D eigenvalue weighted by atomic mass is 35.5. The molecule has 1 aromatic rings. The lowest BCUT2D eigenvalue weighted by atomic mass is 10.3. The summed E-state index contributed by atoms with van der Waals surface area (Å²) in [7, 11) is 0. The Morgan fingerprint density at radius 3 is 2.54 bits per heavy atom. The molecule has 0 radical (unpaired) electrons. The summed E-state index contributed by atoms with van der Waals surface area (Å²) in [6.45, 7) is 0. The minimum absolute atomic E-state index is 0.400. The Kier molecular flexibility index (Phi) is 3.46. The van der Waals surface area contributed by atoms with Crippen LogP contribution in [0.15, 0.2) is 24.3 Å². The summed E-state index contributed by atoms with van der Waals surface area (Å²) < 4.78 is 4.97. The third kappa shape index (κ3) is 2.87. The van der Waals surface area contributed by atoms with Gasteiger partial charge in [-0.15, -0.1) is 0 Å². The molecule has 3 nitrogen and oxygen atoms in total. The van der Waals surface area contributed by atoms with E-state index in [2.05, 4.69) is 0 Å². The first-order valence-corrected chi connectivity index (χ1v) is 3.97. The van der Waals surface area contributed by atoms with Crippen molar-refractivity contribution in [2.45, 2.75) is 6.10 Å². The zero-order valence-electron chi connectivity index (χ0n) is 6.64. The van der Waals surface area contributed by atoms with Crippen molar-refractivity contribution < 1.29 is 14.3 Å². The van der Waals surface area contributed by atoms with Crippen LogP contribution in [0.2, 0.25) is 5.02 Å². The van der Waals surface area contributed by atoms with Crippen molar-refractivity contribution in [1.29, 1.82) is 0 Å². The molecule has 0 spiro atoms. The predicted octanol–water partition coefficient (Wildman–Crippen LogP) is 1.49. The molecule has 0 atom stereocenters. The Bertz CT molecular complexity index is 303. The normalized spacial score (nSPS) is 9.69. The molecule has 0 aliphatic heterocycles. The van der Waals surface area contributed by atoms with Gasteiger partial charge in [0.25, 0.3) is 0 Å². The molecule has 68 valence electrons. The van der Waals surface area contributed by atoms with Crippen LogP contribution in [0, 0.1) is 0 Å². The van der Waals surface area contributed by atoms with Gasteiger partial charge in [-0.05, 0) is 18.2 Å². The zero-order chi connectivity index (χ0) is 9.68. The van der Waals surface area contributed by atoms with Crippen molar-refractivity contribution in [2.75, 3.05) is 0 Å². The number of aldehydes is 2. The van der Waals surface area contributed by atoms with Crippen LogP contribution in [-0.4, -0.2) is 18.7 Å². The van der Waals surface area contributed by atoms with E-state index in [9.17, 15) is 9.59 Å². The van der Waals surface area contributed by atoms with Crippen LogP contribution in [-0.2, 0) is 9.59 Å². The maximum atomic E-state index is 10.2. The predicted molar refractivity (Wildman–Crippen MR) is 48.0 cm³/mol. The number of halogens is 1. The van der Waals surface area contributed by atoms with Gasteiger partial charge in [0, 0.05) is 5.02 Å². The lowest BCUT2D eigenvalue weighted by molar-refractivity contribution is -0.122. The maximum Gasteiger partial charge on any atom is 0.208 e. The molecule has 0 aromatic heterocycles. The highest BCUT2D eigenvalue weighted by molar-refractivity contribution is 6.30. The van der Waals surface area contributed by atoms with Crippen LogP contribution >= 0.6 is 11.6 Å². The molecule has 0 amide bonds. The molecule has 0 aliphatic rings. The molecule has 0 fully saturated rings. The van der Waals surface area contributed by atoms with Crippen molar-refractivity contribution in [3.05, 3.63) is 29.3 Å². The average molecular weight is 199 g/mol. The minimum atomic E-state index is -1.06. The summed E-state index contributed by atoms with van der Waals surface area (Å²) in [5.41, 5.74) is 0. The lowest BCUT2D eigenvalue weighted by Crippen LogP contribution is -2.19. The first kappa shape index (κ1) is 9.74. The summed E-state index contributed by atoms with van der Waals surface area (Å²) in [4.78, 5) is 20.5. The molecule has 1 aromatic carbocycles. The van der Waals surface area contributed by atoms with Crippen LogP contribution in [0.5, 0.6) is 5.75 Å². The Morgan fingerprint density at radius 1 is 1.31 bits per heavy atom. The number of rotatable bonds is 4. The Morgan fingerprint density at radius 2 is 2.00 bits per heavy atom. The molecule has 0 aliphatic carbocycles. The molecular weight excluding hydrogens is 192 g/mol. The molecule has 4 heteroatoms. The monoisotopic (exact) mass is 198 g/mol. The summed E-state index contributed by atoms with van der Waals surface area (Å²) in [6.07, 6.45) is -0.208. The van der Waals surface area contributed by atoms with Crippen LogP contribution in [0.1, 0.15) is 0 Å². The number of hydrogen-bond acceptors (Lipinski definition) is 3. The van der Waals surface area contributed by atoms with Crippen LogP contribution in [0.25, 0.3) is 0 Å². The molecule has 1 rings (SSSR count). The second-order valence-corrected chi connectivity index (χ2v) is 2.75. The molecule has 0 bridgehead atoms. The fourth-order valence-electron chi connectivity index (χ4n) is 0.785. The first-order chi connectivity index (χ1) is 6.26. The van der Waals surface area contributed by atoms with Crippen LogP contribution < -0.4 is 4.74 Å². The van der Waals surface area contributed by atoms with Gasteiger partial charge in [0.1, 0.15) is 5.75 Å². The summed E-state index contributed by atoms with van der Waals surface area (Å²) in [6, 6.07) is 6.49. The molecule has 0 saturated heterocycles. The van der Waals surface area contributed by atoms with Gasteiger partial charge in [-0.25, -0.2) is 0 Å². The Balaban J connectivity index is 2.73. The van der Waals surface area contributed by atoms with Gasteiger partial charge >= 0.3 is 0 Å². The Hall–Kier alpha value is -1.35. The quantitative estimate of drug-likeness (QED) is 0.544. The molecule has 0 N–H and O–H groups in total. The van der Waals surface area contributed by atoms with Crippen molar-refractivity contribution in [2.24, 2.45) is 0 Å². The SMILES string of the molecule is O=CC(C=O)Oc1cccc(Cl)c1. The summed E-state index contributed by atoms with van der Waals surface area (Å²) in [5, 5.41) is 0.494. The zero-order valence-corrected chi connectivity index (χ0v) is 7.40. The van der Waals surface area contributed by atoms with Gasteiger partial charge in [-0.2, -0.15) is 0 Å². The van der Waals surface area contributed by atoms with E-state index in [0.717, 1.165) is 0 Å². The Labute approximate surface area is 80.3 Å². The van der Waals surface area contributed by atoms with Gasteiger partial charge in [0.05, 0.1) is 0 Å². The second kappa shape index (κ2) is 4.62. The molecule has 0 saturated carbocycles. The van der Waals surface area contributed by atoms with Crippen molar-refractivity contribution >= 4 is 24.2 Å². The van der Waals surface area contributed by atoms with Gasteiger partial charge in [0.2, 0.25) is 6.10 Å². The number of benzene rings is 1. The van der Waals surface area contributed by atoms with Crippen molar-refractivity contribution in [1.82, 2.24) is 0 Å². The van der Waals surface area contributed by atoms with Crippen LogP contribution in [0.4, 0.5) is 0 Å². The summed E-state index contributed by atoms with van der Waals surface area (Å²) in [5.74, 6) is 0.400. The molecule has 0 heterocycles.